The Morgan fingerprint density at radius 2 is 1.50 bits per heavy atom. The molecule has 1 rings (SSSR count). The Kier molecular flexibility index (Phi) is 13.6. The molecule has 158 valence electrons. The van der Waals surface area contributed by atoms with Gasteiger partial charge in [0.25, 0.3) is 0 Å². The van der Waals surface area contributed by atoms with Crippen LogP contribution in [0.3, 0.4) is 0 Å². The number of quaternary nitrogens is 1. The minimum Gasteiger partial charge on any atom is -0.741 e. The van der Waals surface area contributed by atoms with Gasteiger partial charge in [0, 0.05) is 0 Å². The van der Waals surface area contributed by atoms with Crippen molar-refractivity contribution in [3.05, 3.63) is 0 Å². The van der Waals surface area contributed by atoms with E-state index in [4.69, 9.17) is 13.0 Å². The lowest BCUT2D eigenvalue weighted by molar-refractivity contribution is -0.931. The van der Waals surface area contributed by atoms with Gasteiger partial charge in [-0.1, -0.05) is 52.4 Å². The first-order chi connectivity index (χ1) is 12.1. The minimum atomic E-state index is -6.09. The molecular formula is C18H36F3NO3S. The minimum absolute atomic E-state index is 1.00. The van der Waals surface area contributed by atoms with Crippen LogP contribution >= 0.6 is 0 Å². The summed E-state index contributed by atoms with van der Waals surface area (Å²) < 4.78 is 58.9. The quantitative estimate of drug-likeness (QED) is 0.340. The summed E-state index contributed by atoms with van der Waals surface area (Å²) in [5.74, 6) is 0. The van der Waals surface area contributed by atoms with Crippen LogP contribution in [-0.4, -0.2) is 37.6 Å². The Hall–Kier alpha value is -0.340. The fourth-order valence-electron chi connectivity index (χ4n) is 3.49. The van der Waals surface area contributed by atoms with Crippen LogP contribution in [0.25, 0.3) is 0 Å². The summed E-state index contributed by atoms with van der Waals surface area (Å²) in [6, 6.07) is 1.00. The lowest BCUT2D eigenvalue weighted by atomic mass is 9.97. The molecule has 0 spiro atoms. The smallest absolute Gasteiger partial charge is 0.485 e. The maximum Gasteiger partial charge on any atom is 0.485 e. The molecule has 1 aliphatic rings. The van der Waals surface area contributed by atoms with Crippen LogP contribution in [0.1, 0.15) is 90.9 Å². The van der Waals surface area contributed by atoms with E-state index in [-0.39, 0.29) is 0 Å². The van der Waals surface area contributed by atoms with Crippen molar-refractivity contribution < 1.29 is 31.0 Å². The van der Waals surface area contributed by atoms with Crippen molar-refractivity contribution in [2.75, 3.05) is 13.1 Å². The molecule has 0 radical (unpaired) electrons. The highest BCUT2D eigenvalue weighted by Gasteiger charge is 2.36. The van der Waals surface area contributed by atoms with Gasteiger partial charge in [-0.05, 0) is 38.5 Å². The third-order valence-electron chi connectivity index (χ3n) is 4.90. The molecule has 0 aromatic heterocycles. The largest absolute Gasteiger partial charge is 0.741 e. The number of piperidine rings is 1. The third kappa shape index (κ3) is 12.1. The van der Waals surface area contributed by atoms with Crippen LogP contribution in [0.5, 0.6) is 0 Å². The van der Waals surface area contributed by atoms with E-state index < -0.39 is 15.6 Å². The second-order valence-electron chi connectivity index (χ2n) is 7.16. The molecule has 0 amide bonds. The van der Waals surface area contributed by atoms with Crippen molar-refractivity contribution in [2.24, 2.45) is 0 Å². The summed E-state index contributed by atoms with van der Waals surface area (Å²) in [4.78, 5) is 1.94. The SMILES string of the molecule is CCCCCCCCC[NH+]1CCCCC1CCC.O=S(=O)([O-])C(F)(F)F. The molecule has 1 N–H and O–H groups in total. The molecule has 8 heteroatoms. The fourth-order valence-corrected chi connectivity index (χ4v) is 3.49. The molecule has 0 saturated carbocycles. The van der Waals surface area contributed by atoms with E-state index in [0.29, 0.717) is 0 Å². The van der Waals surface area contributed by atoms with E-state index in [1.165, 1.54) is 90.1 Å². The molecule has 1 fully saturated rings. The van der Waals surface area contributed by atoms with Crippen LogP contribution in [-0.2, 0) is 10.1 Å². The second-order valence-corrected chi connectivity index (χ2v) is 8.53. The molecule has 0 aromatic rings. The summed E-state index contributed by atoms with van der Waals surface area (Å²) >= 11 is 0. The first-order valence-corrected chi connectivity index (χ1v) is 11.4. The van der Waals surface area contributed by atoms with Crippen molar-refractivity contribution in [1.29, 1.82) is 0 Å². The number of unbranched alkanes of at least 4 members (excludes halogenated alkanes) is 6. The number of rotatable bonds is 10. The van der Waals surface area contributed by atoms with Gasteiger partial charge in [-0.3, -0.25) is 0 Å². The van der Waals surface area contributed by atoms with Crippen LogP contribution in [0, 0.1) is 0 Å². The standard InChI is InChI=1S/C17H35N.CHF3O3S/c1-3-5-6-7-8-9-11-15-18-16-12-10-14-17(18)13-4-2;2-1(3,4)8(5,6)7/h17H,3-16H2,1-2H3;(H,5,6,7). The summed E-state index contributed by atoms with van der Waals surface area (Å²) in [5.41, 5.74) is -5.65. The summed E-state index contributed by atoms with van der Waals surface area (Å²) in [5, 5.41) is 0. The number of alkyl halides is 3. The molecule has 2 atom stereocenters. The zero-order valence-electron chi connectivity index (χ0n) is 16.2. The van der Waals surface area contributed by atoms with E-state index in [1.54, 1.807) is 0 Å². The molecule has 0 aliphatic carbocycles. The molecule has 2 unspecified atom stereocenters. The van der Waals surface area contributed by atoms with Gasteiger partial charge >= 0.3 is 5.51 Å². The highest BCUT2D eigenvalue weighted by molar-refractivity contribution is 7.86. The van der Waals surface area contributed by atoms with Gasteiger partial charge in [-0.15, -0.1) is 0 Å². The number of likely N-dealkylation sites (tertiary alicyclic amines) is 1. The van der Waals surface area contributed by atoms with Crippen LogP contribution in [0.2, 0.25) is 0 Å². The van der Waals surface area contributed by atoms with Gasteiger partial charge in [0.05, 0.1) is 19.1 Å². The second kappa shape index (κ2) is 13.8. The topological polar surface area (TPSA) is 61.6 Å². The summed E-state index contributed by atoms with van der Waals surface area (Å²) in [6.45, 7) is 7.56. The average molecular weight is 404 g/mol. The zero-order chi connectivity index (χ0) is 20.1. The molecule has 0 bridgehead atoms. The van der Waals surface area contributed by atoms with Gasteiger partial charge in [0.15, 0.2) is 10.1 Å². The molecule has 4 nitrogen and oxygen atoms in total. The predicted octanol–water partition coefficient (Wildman–Crippen LogP) is 4.03. The van der Waals surface area contributed by atoms with E-state index in [1.807, 2.05) is 4.90 Å². The number of hydrogen-bond donors (Lipinski definition) is 1. The van der Waals surface area contributed by atoms with E-state index >= 15 is 0 Å². The fraction of sp³-hybridized carbons (Fsp3) is 1.00. The summed E-state index contributed by atoms with van der Waals surface area (Å²) in [7, 11) is -6.09. The van der Waals surface area contributed by atoms with Gasteiger partial charge in [-0.25, -0.2) is 8.42 Å². The Balaban J connectivity index is 0.000000660. The maximum absolute atomic E-state index is 10.7. The monoisotopic (exact) mass is 403 g/mol. The van der Waals surface area contributed by atoms with Gasteiger partial charge in [-0.2, -0.15) is 13.2 Å². The zero-order valence-corrected chi connectivity index (χ0v) is 17.1. The van der Waals surface area contributed by atoms with Gasteiger partial charge < -0.3 is 9.45 Å². The van der Waals surface area contributed by atoms with E-state index in [0.717, 1.165) is 6.04 Å². The van der Waals surface area contributed by atoms with Crippen molar-refractivity contribution in [1.82, 2.24) is 0 Å². The van der Waals surface area contributed by atoms with E-state index in [9.17, 15) is 13.2 Å². The lowest BCUT2D eigenvalue weighted by Gasteiger charge is -2.32. The molecule has 26 heavy (non-hydrogen) atoms. The maximum atomic E-state index is 10.7. The molecular weight excluding hydrogens is 367 g/mol. The molecule has 0 aromatic carbocycles. The third-order valence-corrected chi connectivity index (χ3v) is 5.47. The molecule has 1 saturated heterocycles. The van der Waals surface area contributed by atoms with Crippen LogP contribution in [0.4, 0.5) is 13.2 Å². The average Bonchev–Trinajstić information content (AvgIpc) is 2.54. The number of hydrogen-bond acceptors (Lipinski definition) is 3. The first kappa shape index (κ1) is 25.7. The Bertz CT molecular complexity index is 439. The Morgan fingerprint density at radius 3 is 2.00 bits per heavy atom. The van der Waals surface area contributed by atoms with Crippen LogP contribution < -0.4 is 4.90 Å². The van der Waals surface area contributed by atoms with Crippen molar-refractivity contribution >= 4 is 10.1 Å². The van der Waals surface area contributed by atoms with Gasteiger partial charge in [0.1, 0.15) is 0 Å². The highest BCUT2D eigenvalue weighted by atomic mass is 32.2. The molecule has 1 aliphatic heterocycles. The number of nitrogens with one attached hydrogen (secondary N) is 1. The van der Waals surface area contributed by atoms with E-state index in [2.05, 4.69) is 13.8 Å². The summed E-state index contributed by atoms with van der Waals surface area (Å²) in [6.07, 6.45) is 17.5. The van der Waals surface area contributed by atoms with Crippen molar-refractivity contribution in [3.8, 4) is 0 Å². The lowest BCUT2D eigenvalue weighted by Crippen LogP contribution is -3.16. The van der Waals surface area contributed by atoms with Crippen molar-refractivity contribution in [2.45, 2.75) is 102 Å². The first-order valence-electron chi connectivity index (χ1n) is 10.00. The highest BCUT2D eigenvalue weighted by Crippen LogP contribution is 2.20. The predicted molar refractivity (Wildman–Crippen MR) is 97.0 cm³/mol. The number of halogens is 3. The molecule has 1 heterocycles. The Morgan fingerprint density at radius 1 is 0.962 bits per heavy atom. The normalized spacial score (nSPS) is 21.2. The van der Waals surface area contributed by atoms with Crippen LogP contribution in [0.15, 0.2) is 0 Å². The van der Waals surface area contributed by atoms with Crippen molar-refractivity contribution in [3.63, 3.8) is 0 Å². The Labute approximate surface area is 157 Å². The van der Waals surface area contributed by atoms with Gasteiger partial charge in [0.2, 0.25) is 0 Å².